The molecule has 7 nitrogen and oxygen atoms in total. The maximum atomic E-state index is 12.2. The Labute approximate surface area is 127 Å². The Hall–Kier alpha value is -2.70. The number of para-hydroxylation sites is 1. The number of phenolic OH excluding ortho intramolecular Hbond substituents is 1. The van der Waals surface area contributed by atoms with Gasteiger partial charge in [-0.1, -0.05) is 18.7 Å². The van der Waals surface area contributed by atoms with Crippen LogP contribution in [0.25, 0.3) is 0 Å². The molecule has 7 heteroatoms. The van der Waals surface area contributed by atoms with E-state index in [-0.39, 0.29) is 23.8 Å². The molecule has 2 amide bonds. The van der Waals surface area contributed by atoms with Crippen LogP contribution in [0.1, 0.15) is 18.5 Å². The van der Waals surface area contributed by atoms with Crippen LogP contribution in [0.3, 0.4) is 0 Å². The number of carbonyl (C=O) groups excluding carboxylic acids is 2. The van der Waals surface area contributed by atoms with Gasteiger partial charge in [-0.25, -0.2) is 4.79 Å². The number of ether oxygens (including phenoxy) is 2. The highest BCUT2D eigenvalue weighted by Gasteiger charge is 2.40. The van der Waals surface area contributed by atoms with E-state index in [1.807, 2.05) is 0 Å². The lowest BCUT2D eigenvalue weighted by Crippen LogP contribution is -2.51. The standard InChI is InChI=1S/C15H18N2O5/c1-4-22-14(19)11-8(2)16-15(20)17-12(11)9-6-5-7-10(21-3)13(9)18/h5-7,11-12,18H,2,4H2,1,3H3,(H2,16,17,20). The zero-order valence-corrected chi connectivity index (χ0v) is 12.4. The highest BCUT2D eigenvalue weighted by Crippen LogP contribution is 2.39. The minimum atomic E-state index is -0.851. The third-order valence-corrected chi connectivity index (χ3v) is 3.40. The smallest absolute Gasteiger partial charge is 0.319 e. The van der Waals surface area contributed by atoms with E-state index >= 15 is 0 Å². The molecule has 1 fully saturated rings. The quantitative estimate of drug-likeness (QED) is 0.732. The van der Waals surface area contributed by atoms with E-state index in [1.165, 1.54) is 7.11 Å². The first-order valence-electron chi connectivity index (χ1n) is 6.78. The zero-order valence-electron chi connectivity index (χ0n) is 12.4. The number of phenols is 1. The fraction of sp³-hybridized carbons (Fsp3) is 0.333. The van der Waals surface area contributed by atoms with Crippen molar-refractivity contribution in [1.29, 1.82) is 0 Å². The lowest BCUT2D eigenvalue weighted by Gasteiger charge is -2.33. The normalized spacial score (nSPS) is 20.8. The summed E-state index contributed by atoms with van der Waals surface area (Å²) in [5.41, 5.74) is 0.572. The topological polar surface area (TPSA) is 96.9 Å². The molecule has 0 spiro atoms. The van der Waals surface area contributed by atoms with Gasteiger partial charge in [-0.05, 0) is 13.0 Å². The summed E-state index contributed by atoms with van der Waals surface area (Å²) >= 11 is 0. The lowest BCUT2D eigenvalue weighted by molar-refractivity contribution is -0.147. The third-order valence-electron chi connectivity index (χ3n) is 3.40. The Morgan fingerprint density at radius 3 is 2.82 bits per heavy atom. The minimum absolute atomic E-state index is 0.140. The number of nitrogens with one attached hydrogen (secondary N) is 2. The highest BCUT2D eigenvalue weighted by atomic mass is 16.5. The molecule has 118 valence electrons. The predicted molar refractivity (Wildman–Crippen MR) is 78.3 cm³/mol. The molecular formula is C15H18N2O5. The molecule has 0 aliphatic carbocycles. The van der Waals surface area contributed by atoms with Crippen molar-refractivity contribution in [3.05, 3.63) is 36.0 Å². The summed E-state index contributed by atoms with van der Waals surface area (Å²) in [6.45, 7) is 5.60. The number of esters is 1. The van der Waals surface area contributed by atoms with E-state index in [0.29, 0.717) is 5.56 Å². The molecule has 0 radical (unpaired) electrons. The lowest BCUT2D eigenvalue weighted by atomic mass is 9.88. The summed E-state index contributed by atoms with van der Waals surface area (Å²) in [6.07, 6.45) is 0. The summed E-state index contributed by atoms with van der Waals surface area (Å²) < 4.78 is 10.1. The summed E-state index contributed by atoms with van der Waals surface area (Å²) in [6, 6.07) is 3.55. The average molecular weight is 306 g/mol. The Bertz CT molecular complexity index is 614. The number of urea groups is 1. The highest BCUT2D eigenvalue weighted by molar-refractivity contribution is 5.85. The van der Waals surface area contributed by atoms with Crippen LogP contribution in [-0.4, -0.2) is 30.8 Å². The fourth-order valence-corrected chi connectivity index (χ4v) is 2.41. The second-order valence-corrected chi connectivity index (χ2v) is 4.73. The molecule has 1 aliphatic rings. The molecule has 2 rings (SSSR count). The molecule has 3 N–H and O–H groups in total. The van der Waals surface area contributed by atoms with Gasteiger partial charge in [0.1, 0.15) is 5.92 Å². The number of carbonyl (C=O) groups is 2. The number of hydrogen-bond donors (Lipinski definition) is 3. The number of hydrogen-bond acceptors (Lipinski definition) is 5. The first-order chi connectivity index (χ1) is 10.5. The number of benzene rings is 1. The molecular weight excluding hydrogens is 288 g/mol. The summed E-state index contributed by atoms with van der Waals surface area (Å²) in [5, 5.41) is 15.3. The van der Waals surface area contributed by atoms with E-state index in [9.17, 15) is 14.7 Å². The first-order valence-corrected chi connectivity index (χ1v) is 6.78. The van der Waals surface area contributed by atoms with Crippen LogP contribution < -0.4 is 15.4 Å². The monoisotopic (exact) mass is 306 g/mol. The van der Waals surface area contributed by atoms with Crippen molar-refractivity contribution in [1.82, 2.24) is 10.6 Å². The van der Waals surface area contributed by atoms with Crippen LogP contribution in [0.15, 0.2) is 30.5 Å². The second-order valence-electron chi connectivity index (χ2n) is 4.73. The van der Waals surface area contributed by atoms with Gasteiger partial charge in [0.25, 0.3) is 0 Å². The van der Waals surface area contributed by atoms with Gasteiger partial charge in [-0.2, -0.15) is 0 Å². The Balaban J connectivity index is 2.45. The molecule has 0 aromatic heterocycles. The van der Waals surface area contributed by atoms with E-state index in [2.05, 4.69) is 17.2 Å². The molecule has 1 saturated heterocycles. The number of amides is 2. The van der Waals surface area contributed by atoms with E-state index in [0.717, 1.165) is 0 Å². The SMILES string of the molecule is C=C1NC(=O)NC(c2cccc(OC)c2O)C1C(=O)OCC. The molecule has 1 heterocycles. The predicted octanol–water partition coefficient (Wildman–Crippen LogP) is 1.45. The summed E-state index contributed by atoms with van der Waals surface area (Å²) in [4.78, 5) is 23.9. The van der Waals surface area contributed by atoms with Crippen LogP contribution >= 0.6 is 0 Å². The van der Waals surface area contributed by atoms with Crippen LogP contribution in [0, 0.1) is 5.92 Å². The third kappa shape index (κ3) is 2.83. The maximum absolute atomic E-state index is 12.2. The van der Waals surface area contributed by atoms with Gasteiger partial charge in [0, 0.05) is 11.3 Å². The summed E-state index contributed by atoms with van der Waals surface area (Å²) in [7, 11) is 1.42. The molecule has 0 saturated carbocycles. The average Bonchev–Trinajstić information content (AvgIpc) is 2.46. The molecule has 2 atom stereocenters. The van der Waals surface area contributed by atoms with Gasteiger partial charge >= 0.3 is 12.0 Å². The second kappa shape index (κ2) is 6.38. The fourth-order valence-electron chi connectivity index (χ4n) is 2.41. The van der Waals surface area contributed by atoms with Crippen molar-refractivity contribution in [3.63, 3.8) is 0 Å². The van der Waals surface area contributed by atoms with Gasteiger partial charge in [0.15, 0.2) is 11.5 Å². The largest absolute Gasteiger partial charge is 0.504 e. The van der Waals surface area contributed by atoms with Gasteiger partial charge < -0.3 is 25.2 Å². The van der Waals surface area contributed by atoms with Gasteiger partial charge in [-0.15, -0.1) is 0 Å². The van der Waals surface area contributed by atoms with Crippen molar-refractivity contribution in [2.45, 2.75) is 13.0 Å². The molecule has 2 unspecified atom stereocenters. The number of methoxy groups -OCH3 is 1. The van der Waals surface area contributed by atoms with Crippen molar-refractivity contribution in [2.24, 2.45) is 5.92 Å². The van der Waals surface area contributed by atoms with Crippen LogP contribution in [0.5, 0.6) is 11.5 Å². The van der Waals surface area contributed by atoms with Crippen LogP contribution in [0.2, 0.25) is 0 Å². The Morgan fingerprint density at radius 2 is 2.18 bits per heavy atom. The molecule has 1 aromatic carbocycles. The van der Waals surface area contributed by atoms with Crippen molar-refractivity contribution in [2.75, 3.05) is 13.7 Å². The molecule has 22 heavy (non-hydrogen) atoms. The maximum Gasteiger partial charge on any atom is 0.319 e. The summed E-state index contributed by atoms with van der Waals surface area (Å²) in [5.74, 6) is -1.28. The zero-order chi connectivity index (χ0) is 16.3. The number of aromatic hydroxyl groups is 1. The Kier molecular flexibility index (Phi) is 4.55. The van der Waals surface area contributed by atoms with Gasteiger partial charge in [0.2, 0.25) is 0 Å². The van der Waals surface area contributed by atoms with Gasteiger partial charge in [-0.3, -0.25) is 4.79 Å². The van der Waals surface area contributed by atoms with Crippen molar-refractivity contribution >= 4 is 12.0 Å². The van der Waals surface area contributed by atoms with E-state index < -0.39 is 24.0 Å². The van der Waals surface area contributed by atoms with E-state index in [4.69, 9.17) is 9.47 Å². The minimum Gasteiger partial charge on any atom is -0.504 e. The molecule has 1 aliphatic heterocycles. The van der Waals surface area contributed by atoms with Crippen molar-refractivity contribution < 1.29 is 24.2 Å². The Morgan fingerprint density at radius 1 is 1.45 bits per heavy atom. The van der Waals surface area contributed by atoms with Crippen LogP contribution in [-0.2, 0) is 9.53 Å². The van der Waals surface area contributed by atoms with Gasteiger partial charge in [0.05, 0.1) is 19.8 Å². The molecule has 0 bridgehead atoms. The van der Waals surface area contributed by atoms with Crippen LogP contribution in [0.4, 0.5) is 4.79 Å². The van der Waals surface area contributed by atoms with E-state index in [1.54, 1.807) is 25.1 Å². The molecule has 1 aromatic rings. The number of rotatable bonds is 4. The van der Waals surface area contributed by atoms with Crippen molar-refractivity contribution in [3.8, 4) is 11.5 Å². The first kappa shape index (κ1) is 15.7.